The van der Waals surface area contributed by atoms with Crippen molar-refractivity contribution in [1.29, 1.82) is 0 Å². The van der Waals surface area contributed by atoms with Crippen molar-refractivity contribution in [3.8, 4) is 0 Å². The monoisotopic (exact) mass is 137 g/mol. The Morgan fingerprint density at radius 1 is 1.20 bits per heavy atom. The van der Waals surface area contributed by atoms with Gasteiger partial charge >= 0.3 is 0 Å². The van der Waals surface area contributed by atoms with Crippen LogP contribution in [-0.2, 0) is 0 Å². The highest BCUT2D eigenvalue weighted by Gasteiger charge is 2.08. The zero-order valence-corrected chi connectivity index (χ0v) is 7.18. The summed E-state index contributed by atoms with van der Waals surface area (Å²) in [6.07, 6.45) is 4.54. The first-order valence-electron chi connectivity index (χ1n) is 3.72. The number of allylic oxidation sites excluding steroid dienone is 4. The lowest BCUT2D eigenvalue weighted by Gasteiger charge is -2.26. The molecule has 0 aromatic heterocycles. The summed E-state index contributed by atoms with van der Waals surface area (Å²) in [6.45, 7) is 6.50. The third-order valence-corrected chi connectivity index (χ3v) is 2.07. The molecule has 0 aromatic carbocycles. The van der Waals surface area contributed by atoms with E-state index in [4.69, 9.17) is 0 Å². The Morgan fingerprint density at radius 2 is 1.60 bits per heavy atom. The summed E-state index contributed by atoms with van der Waals surface area (Å²) in [5.41, 5.74) is 2.71. The smallest absolute Gasteiger partial charge is 0.0111 e. The molecule has 0 fully saturated rings. The van der Waals surface area contributed by atoms with Crippen molar-refractivity contribution >= 4 is 0 Å². The summed E-state index contributed by atoms with van der Waals surface area (Å²) in [5.74, 6) is 0.608. The fourth-order valence-corrected chi connectivity index (χ4v) is 1.31. The molecule has 1 rings (SSSR count). The van der Waals surface area contributed by atoms with Gasteiger partial charge in [0.25, 0.3) is 0 Å². The average Bonchev–Trinajstić information content (AvgIpc) is 1.82. The van der Waals surface area contributed by atoms with E-state index in [1.54, 1.807) is 0 Å². The van der Waals surface area contributed by atoms with Crippen LogP contribution in [0.2, 0.25) is 0 Å². The van der Waals surface area contributed by atoms with Gasteiger partial charge in [0, 0.05) is 18.4 Å². The molecule has 10 heavy (non-hydrogen) atoms. The van der Waals surface area contributed by atoms with E-state index < -0.39 is 0 Å². The van der Waals surface area contributed by atoms with Gasteiger partial charge in [0.15, 0.2) is 0 Å². The van der Waals surface area contributed by atoms with Crippen molar-refractivity contribution in [2.24, 2.45) is 5.92 Å². The molecule has 0 spiro atoms. The van der Waals surface area contributed by atoms with Crippen LogP contribution in [0, 0.1) is 5.92 Å². The van der Waals surface area contributed by atoms with E-state index in [0.717, 1.165) is 0 Å². The largest absolute Gasteiger partial charge is 0.353 e. The molecule has 0 unspecified atom stereocenters. The van der Waals surface area contributed by atoms with Gasteiger partial charge in [0.1, 0.15) is 0 Å². The van der Waals surface area contributed by atoms with Crippen LogP contribution in [0.25, 0.3) is 0 Å². The summed E-state index contributed by atoms with van der Waals surface area (Å²) in [7, 11) is 2.10. The highest BCUT2D eigenvalue weighted by molar-refractivity contribution is 5.18. The molecule has 0 atom stereocenters. The van der Waals surface area contributed by atoms with E-state index >= 15 is 0 Å². The van der Waals surface area contributed by atoms with Gasteiger partial charge in [-0.1, -0.05) is 19.1 Å². The van der Waals surface area contributed by atoms with Gasteiger partial charge in [-0.05, 0) is 19.8 Å². The number of nitrogens with zero attached hydrogens (tertiary/aromatic N) is 1. The van der Waals surface area contributed by atoms with Crippen LogP contribution in [0.1, 0.15) is 20.8 Å². The van der Waals surface area contributed by atoms with E-state index in [1.807, 2.05) is 0 Å². The minimum Gasteiger partial charge on any atom is -0.353 e. The summed E-state index contributed by atoms with van der Waals surface area (Å²) in [4.78, 5) is 2.21. The molecule has 1 heteroatoms. The molecule has 0 saturated heterocycles. The van der Waals surface area contributed by atoms with E-state index in [-0.39, 0.29) is 0 Å². The standard InChI is InChI=1S/C9H15N/c1-7-5-8(2)10(4)9(3)6-7/h5-7H,1-4H3. The van der Waals surface area contributed by atoms with E-state index in [2.05, 4.69) is 44.9 Å². The minimum absolute atomic E-state index is 0.608. The van der Waals surface area contributed by atoms with Gasteiger partial charge in [0.05, 0.1) is 0 Å². The van der Waals surface area contributed by atoms with Crippen LogP contribution in [0.3, 0.4) is 0 Å². The molecule has 1 heterocycles. The topological polar surface area (TPSA) is 3.24 Å². The summed E-state index contributed by atoms with van der Waals surface area (Å²) >= 11 is 0. The molecule has 0 saturated carbocycles. The molecule has 0 bridgehead atoms. The highest BCUT2D eigenvalue weighted by atomic mass is 15.1. The van der Waals surface area contributed by atoms with Crippen LogP contribution in [0.5, 0.6) is 0 Å². The van der Waals surface area contributed by atoms with E-state index in [9.17, 15) is 0 Å². The SMILES string of the molecule is CC1=CC(C)C=C(C)N1C. The molecule has 0 amide bonds. The van der Waals surface area contributed by atoms with Gasteiger partial charge in [-0.15, -0.1) is 0 Å². The molecule has 1 aliphatic heterocycles. The molecule has 1 nitrogen and oxygen atoms in total. The third kappa shape index (κ3) is 1.23. The summed E-state index contributed by atoms with van der Waals surface area (Å²) < 4.78 is 0. The molecular weight excluding hydrogens is 122 g/mol. The predicted octanol–water partition coefficient (Wildman–Crippen LogP) is 2.38. The Morgan fingerprint density at radius 3 is 2.00 bits per heavy atom. The van der Waals surface area contributed by atoms with Crippen molar-refractivity contribution in [3.63, 3.8) is 0 Å². The van der Waals surface area contributed by atoms with E-state index in [0.29, 0.717) is 5.92 Å². The van der Waals surface area contributed by atoms with Crippen molar-refractivity contribution in [3.05, 3.63) is 23.5 Å². The highest BCUT2D eigenvalue weighted by Crippen LogP contribution is 2.19. The van der Waals surface area contributed by atoms with Gasteiger partial charge in [-0.3, -0.25) is 0 Å². The lowest BCUT2D eigenvalue weighted by Crippen LogP contribution is -2.18. The first-order valence-corrected chi connectivity index (χ1v) is 3.72. The maximum absolute atomic E-state index is 2.27. The number of rotatable bonds is 0. The Bertz CT molecular complexity index is 169. The fourth-order valence-electron chi connectivity index (χ4n) is 1.31. The van der Waals surface area contributed by atoms with Crippen molar-refractivity contribution in [2.45, 2.75) is 20.8 Å². The molecular formula is C9H15N. The van der Waals surface area contributed by atoms with Crippen LogP contribution in [0.15, 0.2) is 23.5 Å². The van der Waals surface area contributed by atoms with Crippen LogP contribution in [-0.4, -0.2) is 11.9 Å². The van der Waals surface area contributed by atoms with Crippen molar-refractivity contribution in [2.75, 3.05) is 7.05 Å². The van der Waals surface area contributed by atoms with Gasteiger partial charge in [-0.2, -0.15) is 0 Å². The Balaban J connectivity index is 2.83. The normalized spacial score (nSPS) is 20.6. The first kappa shape index (κ1) is 7.39. The fraction of sp³-hybridized carbons (Fsp3) is 0.556. The molecule has 0 aliphatic carbocycles. The number of hydrogen-bond donors (Lipinski definition) is 0. The van der Waals surface area contributed by atoms with Crippen LogP contribution in [0.4, 0.5) is 0 Å². The van der Waals surface area contributed by atoms with Gasteiger partial charge in [-0.25, -0.2) is 0 Å². The predicted molar refractivity (Wildman–Crippen MR) is 44.4 cm³/mol. The lowest BCUT2D eigenvalue weighted by atomic mass is 10.1. The van der Waals surface area contributed by atoms with Gasteiger partial charge in [0.2, 0.25) is 0 Å². The minimum atomic E-state index is 0.608. The lowest BCUT2D eigenvalue weighted by molar-refractivity contribution is 0.495. The molecule has 1 aliphatic rings. The van der Waals surface area contributed by atoms with Crippen LogP contribution >= 0.6 is 0 Å². The molecule has 56 valence electrons. The third-order valence-electron chi connectivity index (χ3n) is 2.07. The zero-order valence-electron chi connectivity index (χ0n) is 7.18. The van der Waals surface area contributed by atoms with Crippen molar-refractivity contribution in [1.82, 2.24) is 4.90 Å². The first-order chi connectivity index (χ1) is 4.61. The summed E-state index contributed by atoms with van der Waals surface area (Å²) in [5, 5.41) is 0. The van der Waals surface area contributed by atoms with E-state index in [1.165, 1.54) is 11.4 Å². The average molecular weight is 137 g/mol. The quantitative estimate of drug-likeness (QED) is 0.495. The molecule has 0 radical (unpaired) electrons. The van der Waals surface area contributed by atoms with Crippen molar-refractivity contribution < 1.29 is 0 Å². The summed E-state index contributed by atoms with van der Waals surface area (Å²) in [6, 6.07) is 0. The second kappa shape index (κ2) is 2.49. The Labute approximate surface area is 63.0 Å². The Hall–Kier alpha value is -0.720. The Kier molecular flexibility index (Phi) is 1.84. The second-order valence-electron chi connectivity index (χ2n) is 3.03. The van der Waals surface area contributed by atoms with Gasteiger partial charge < -0.3 is 4.90 Å². The maximum atomic E-state index is 2.27. The molecule has 0 aromatic rings. The number of hydrogen-bond acceptors (Lipinski definition) is 1. The maximum Gasteiger partial charge on any atom is 0.0111 e. The molecule has 0 N–H and O–H groups in total. The second-order valence-corrected chi connectivity index (χ2v) is 3.03. The zero-order chi connectivity index (χ0) is 7.72. The van der Waals surface area contributed by atoms with Crippen LogP contribution < -0.4 is 0 Å².